The van der Waals surface area contributed by atoms with E-state index in [1.54, 1.807) is 0 Å². The quantitative estimate of drug-likeness (QED) is 0.672. The molecule has 92 valence electrons. The van der Waals surface area contributed by atoms with Gasteiger partial charge in [0.1, 0.15) is 0 Å². The summed E-state index contributed by atoms with van der Waals surface area (Å²) in [6, 6.07) is 0. The summed E-state index contributed by atoms with van der Waals surface area (Å²) in [5.74, 6) is 1.97. The van der Waals surface area contributed by atoms with Crippen LogP contribution in [-0.2, 0) is 9.53 Å². The maximum absolute atomic E-state index is 11.4. The largest absolute Gasteiger partial charge is 0.469 e. The third kappa shape index (κ3) is 2.11. The summed E-state index contributed by atoms with van der Waals surface area (Å²) >= 11 is 0. The topological polar surface area (TPSA) is 26.3 Å². The van der Waals surface area contributed by atoms with Gasteiger partial charge in [0.05, 0.1) is 13.0 Å². The van der Waals surface area contributed by atoms with Crippen LogP contribution in [0.15, 0.2) is 0 Å². The van der Waals surface area contributed by atoms with Gasteiger partial charge in [-0.1, -0.05) is 13.8 Å². The zero-order valence-corrected chi connectivity index (χ0v) is 10.8. The molecule has 2 fully saturated rings. The SMILES string of the molecule is COC(=O)C1CCC2(CC1)CC(C(C)C)C2. The van der Waals surface area contributed by atoms with Crippen LogP contribution < -0.4 is 0 Å². The Hall–Kier alpha value is -0.530. The van der Waals surface area contributed by atoms with Gasteiger partial charge in [-0.05, 0) is 55.8 Å². The minimum atomic E-state index is 0.00887. The Morgan fingerprint density at radius 3 is 2.25 bits per heavy atom. The Bertz CT molecular complexity index is 254. The number of hydrogen-bond acceptors (Lipinski definition) is 2. The zero-order valence-electron chi connectivity index (χ0n) is 10.8. The number of hydrogen-bond donors (Lipinski definition) is 0. The lowest BCUT2D eigenvalue weighted by atomic mass is 9.52. The second-order valence-corrected chi connectivity index (χ2v) is 6.21. The molecule has 2 rings (SSSR count). The van der Waals surface area contributed by atoms with E-state index in [4.69, 9.17) is 4.74 Å². The molecule has 0 amide bonds. The number of ether oxygens (including phenoxy) is 1. The first kappa shape index (κ1) is 11.9. The third-order valence-corrected chi connectivity index (χ3v) is 4.91. The van der Waals surface area contributed by atoms with E-state index in [0.717, 1.165) is 24.7 Å². The van der Waals surface area contributed by atoms with Crippen LogP contribution in [0, 0.1) is 23.2 Å². The summed E-state index contributed by atoms with van der Waals surface area (Å²) in [4.78, 5) is 11.4. The monoisotopic (exact) mass is 224 g/mol. The minimum absolute atomic E-state index is 0.00887. The molecule has 0 atom stereocenters. The molecule has 2 saturated carbocycles. The number of carbonyl (C=O) groups is 1. The molecule has 0 aromatic carbocycles. The number of esters is 1. The van der Waals surface area contributed by atoms with Crippen molar-refractivity contribution in [3.63, 3.8) is 0 Å². The van der Waals surface area contributed by atoms with Crippen LogP contribution in [0.5, 0.6) is 0 Å². The van der Waals surface area contributed by atoms with Crippen molar-refractivity contribution in [3.8, 4) is 0 Å². The van der Waals surface area contributed by atoms with E-state index in [-0.39, 0.29) is 11.9 Å². The molecule has 0 aromatic heterocycles. The zero-order chi connectivity index (χ0) is 11.8. The highest BCUT2D eigenvalue weighted by atomic mass is 16.5. The van der Waals surface area contributed by atoms with Gasteiger partial charge in [-0.15, -0.1) is 0 Å². The maximum atomic E-state index is 11.4. The van der Waals surface area contributed by atoms with E-state index in [9.17, 15) is 4.79 Å². The Kier molecular flexibility index (Phi) is 3.27. The van der Waals surface area contributed by atoms with E-state index < -0.39 is 0 Å². The molecular weight excluding hydrogens is 200 g/mol. The predicted molar refractivity (Wildman–Crippen MR) is 64.0 cm³/mol. The van der Waals surface area contributed by atoms with Crippen molar-refractivity contribution in [2.75, 3.05) is 7.11 Å². The highest BCUT2D eigenvalue weighted by Gasteiger charge is 2.47. The molecule has 2 aliphatic carbocycles. The van der Waals surface area contributed by atoms with Crippen LogP contribution in [0.4, 0.5) is 0 Å². The summed E-state index contributed by atoms with van der Waals surface area (Å²) in [7, 11) is 1.50. The van der Waals surface area contributed by atoms with Gasteiger partial charge in [0.15, 0.2) is 0 Å². The fourth-order valence-corrected chi connectivity index (χ4v) is 3.56. The van der Waals surface area contributed by atoms with E-state index in [1.807, 2.05) is 0 Å². The van der Waals surface area contributed by atoms with Crippen molar-refractivity contribution < 1.29 is 9.53 Å². The van der Waals surface area contributed by atoms with Gasteiger partial charge < -0.3 is 4.74 Å². The highest BCUT2D eigenvalue weighted by molar-refractivity contribution is 5.72. The van der Waals surface area contributed by atoms with Gasteiger partial charge in [-0.2, -0.15) is 0 Å². The smallest absolute Gasteiger partial charge is 0.308 e. The molecule has 0 radical (unpaired) electrons. The molecule has 0 heterocycles. The Labute approximate surface area is 98.7 Å². The second kappa shape index (κ2) is 4.38. The molecule has 0 aromatic rings. The predicted octanol–water partition coefficient (Wildman–Crippen LogP) is 3.40. The summed E-state index contributed by atoms with van der Waals surface area (Å²) < 4.78 is 4.83. The lowest BCUT2D eigenvalue weighted by Crippen LogP contribution is -2.43. The van der Waals surface area contributed by atoms with Crippen molar-refractivity contribution >= 4 is 5.97 Å². The average Bonchev–Trinajstić information content (AvgIpc) is 2.24. The van der Waals surface area contributed by atoms with Crippen LogP contribution in [0.25, 0.3) is 0 Å². The Balaban J connectivity index is 1.81. The first-order valence-electron chi connectivity index (χ1n) is 6.64. The molecule has 0 N–H and O–H groups in total. The summed E-state index contributed by atoms with van der Waals surface area (Å²) in [6.45, 7) is 4.66. The molecule has 16 heavy (non-hydrogen) atoms. The first-order chi connectivity index (χ1) is 7.56. The molecule has 0 saturated heterocycles. The number of rotatable bonds is 2. The molecule has 2 aliphatic rings. The van der Waals surface area contributed by atoms with Gasteiger partial charge in [0.2, 0.25) is 0 Å². The third-order valence-electron chi connectivity index (χ3n) is 4.91. The number of methoxy groups -OCH3 is 1. The van der Waals surface area contributed by atoms with Gasteiger partial charge in [0, 0.05) is 0 Å². The van der Waals surface area contributed by atoms with E-state index in [1.165, 1.54) is 32.8 Å². The fraction of sp³-hybridized carbons (Fsp3) is 0.929. The van der Waals surface area contributed by atoms with Crippen LogP contribution in [0.2, 0.25) is 0 Å². The molecule has 2 nitrogen and oxygen atoms in total. The standard InChI is InChI=1S/C14H24O2/c1-10(2)12-8-14(9-12)6-4-11(5-7-14)13(15)16-3/h10-12H,4-9H2,1-3H3. The van der Waals surface area contributed by atoms with Gasteiger partial charge in [0.25, 0.3) is 0 Å². The average molecular weight is 224 g/mol. The van der Waals surface area contributed by atoms with Gasteiger partial charge >= 0.3 is 5.97 Å². The highest BCUT2D eigenvalue weighted by Crippen LogP contribution is 2.57. The van der Waals surface area contributed by atoms with E-state index in [0.29, 0.717) is 5.41 Å². The summed E-state index contributed by atoms with van der Waals surface area (Å²) in [5.41, 5.74) is 0.611. The van der Waals surface area contributed by atoms with Gasteiger partial charge in [-0.3, -0.25) is 4.79 Å². The van der Waals surface area contributed by atoms with Crippen molar-refractivity contribution in [3.05, 3.63) is 0 Å². The molecule has 0 aliphatic heterocycles. The molecule has 0 bridgehead atoms. The lowest BCUT2D eigenvalue weighted by Gasteiger charge is -2.53. The molecular formula is C14H24O2. The van der Waals surface area contributed by atoms with Crippen LogP contribution >= 0.6 is 0 Å². The number of carbonyl (C=O) groups excluding carboxylic acids is 1. The maximum Gasteiger partial charge on any atom is 0.308 e. The van der Waals surface area contributed by atoms with Crippen molar-refractivity contribution in [2.24, 2.45) is 23.2 Å². The van der Waals surface area contributed by atoms with Crippen LogP contribution in [0.3, 0.4) is 0 Å². The molecule has 1 spiro atoms. The normalized spacial score (nSPS) is 38.5. The van der Waals surface area contributed by atoms with E-state index >= 15 is 0 Å². The fourth-order valence-electron chi connectivity index (χ4n) is 3.56. The summed E-state index contributed by atoms with van der Waals surface area (Å²) in [6.07, 6.45) is 7.40. The van der Waals surface area contributed by atoms with Crippen LogP contribution in [-0.4, -0.2) is 13.1 Å². The van der Waals surface area contributed by atoms with Crippen molar-refractivity contribution in [1.29, 1.82) is 0 Å². The van der Waals surface area contributed by atoms with Crippen molar-refractivity contribution in [2.45, 2.75) is 52.4 Å². The van der Waals surface area contributed by atoms with Crippen molar-refractivity contribution in [1.82, 2.24) is 0 Å². The Morgan fingerprint density at radius 2 is 1.81 bits per heavy atom. The first-order valence-corrected chi connectivity index (χ1v) is 6.64. The molecule has 0 unspecified atom stereocenters. The van der Waals surface area contributed by atoms with Crippen LogP contribution in [0.1, 0.15) is 52.4 Å². The summed E-state index contributed by atoms with van der Waals surface area (Å²) in [5, 5.41) is 0. The second-order valence-electron chi connectivity index (χ2n) is 6.21. The minimum Gasteiger partial charge on any atom is -0.469 e. The molecule has 2 heteroatoms. The van der Waals surface area contributed by atoms with E-state index in [2.05, 4.69) is 13.8 Å². The lowest BCUT2D eigenvalue weighted by molar-refractivity contribution is -0.148. The van der Waals surface area contributed by atoms with Gasteiger partial charge in [-0.25, -0.2) is 0 Å². The Morgan fingerprint density at radius 1 is 1.25 bits per heavy atom.